The first kappa shape index (κ1) is 13.5. The van der Waals surface area contributed by atoms with Crippen molar-refractivity contribution in [3.8, 4) is 16.5 Å². The molecular weight excluding hydrogens is 288 g/mol. The van der Waals surface area contributed by atoms with Crippen LogP contribution in [0.5, 0.6) is 5.75 Å². The Morgan fingerprint density at radius 2 is 2.14 bits per heavy atom. The van der Waals surface area contributed by atoms with E-state index < -0.39 is 5.97 Å². The number of thiazole rings is 1. The van der Waals surface area contributed by atoms with Crippen LogP contribution in [0.3, 0.4) is 0 Å². The van der Waals surface area contributed by atoms with Gasteiger partial charge in [0, 0.05) is 6.20 Å². The molecule has 21 heavy (non-hydrogen) atoms. The molecule has 0 saturated heterocycles. The van der Waals surface area contributed by atoms with E-state index in [1.54, 1.807) is 12.3 Å². The molecule has 0 aliphatic heterocycles. The van der Waals surface area contributed by atoms with E-state index in [1.807, 2.05) is 30.3 Å². The molecule has 6 heteroatoms. The minimum atomic E-state index is -0.880. The predicted molar refractivity (Wildman–Crippen MR) is 80.6 cm³/mol. The maximum absolute atomic E-state index is 10.5. The highest BCUT2D eigenvalue weighted by atomic mass is 32.1. The summed E-state index contributed by atoms with van der Waals surface area (Å²) < 4.78 is 6.51. The number of para-hydroxylation sites is 1. The Balaban J connectivity index is 1.92. The second kappa shape index (κ2) is 5.88. The van der Waals surface area contributed by atoms with Gasteiger partial charge in [0.2, 0.25) is 0 Å². The van der Waals surface area contributed by atoms with Gasteiger partial charge in [0.25, 0.3) is 0 Å². The number of hydrogen-bond acceptors (Lipinski definition) is 5. The Kier molecular flexibility index (Phi) is 3.79. The first-order valence-electron chi connectivity index (χ1n) is 6.39. The van der Waals surface area contributed by atoms with Crippen molar-refractivity contribution >= 4 is 27.5 Å². The molecule has 106 valence electrons. The summed E-state index contributed by atoms with van der Waals surface area (Å²) in [6, 6.07) is 11.3. The third-order valence-corrected chi connectivity index (χ3v) is 3.88. The highest BCUT2D eigenvalue weighted by molar-refractivity contribution is 7.21. The fourth-order valence-corrected chi connectivity index (χ4v) is 2.85. The smallest absolute Gasteiger partial charge is 0.306 e. The summed E-state index contributed by atoms with van der Waals surface area (Å²) in [5.41, 5.74) is 1.56. The molecule has 0 saturated carbocycles. The Labute approximate surface area is 124 Å². The number of pyridine rings is 1. The third kappa shape index (κ3) is 3.00. The van der Waals surface area contributed by atoms with Crippen LogP contribution in [0.25, 0.3) is 20.9 Å². The van der Waals surface area contributed by atoms with Crippen molar-refractivity contribution in [1.82, 2.24) is 9.97 Å². The number of rotatable bonds is 5. The number of aromatic nitrogens is 2. The molecule has 2 heterocycles. The zero-order valence-electron chi connectivity index (χ0n) is 11.0. The predicted octanol–water partition coefficient (Wildman–Crippen LogP) is 3.21. The monoisotopic (exact) mass is 300 g/mol. The number of nitrogens with zero attached hydrogens (tertiary/aromatic N) is 2. The molecule has 3 rings (SSSR count). The summed E-state index contributed by atoms with van der Waals surface area (Å²) in [5.74, 6) is -0.276. The highest BCUT2D eigenvalue weighted by Gasteiger charge is 2.11. The van der Waals surface area contributed by atoms with Crippen LogP contribution in [0, 0.1) is 0 Å². The number of ether oxygens (including phenoxy) is 1. The molecule has 0 aliphatic rings. The minimum absolute atomic E-state index is 0.0341. The average Bonchev–Trinajstić information content (AvgIpc) is 2.93. The normalized spacial score (nSPS) is 10.7. The van der Waals surface area contributed by atoms with Gasteiger partial charge in [-0.1, -0.05) is 12.1 Å². The van der Waals surface area contributed by atoms with E-state index in [9.17, 15) is 4.79 Å². The highest BCUT2D eigenvalue weighted by Crippen LogP contribution is 2.33. The van der Waals surface area contributed by atoms with Gasteiger partial charge in [-0.05, 0) is 24.3 Å². The summed E-state index contributed by atoms with van der Waals surface area (Å²) >= 11 is 1.53. The van der Waals surface area contributed by atoms with Gasteiger partial charge in [-0.25, -0.2) is 4.98 Å². The van der Waals surface area contributed by atoms with Crippen LogP contribution in [0.2, 0.25) is 0 Å². The molecule has 2 aromatic heterocycles. The molecule has 5 nitrogen and oxygen atoms in total. The molecular formula is C15H12N2O3S. The Bertz CT molecular complexity index is 771. The molecule has 0 fully saturated rings. The molecule has 0 aliphatic carbocycles. The lowest BCUT2D eigenvalue weighted by atomic mass is 10.3. The van der Waals surface area contributed by atoms with Gasteiger partial charge >= 0.3 is 5.97 Å². The number of fused-ring (bicyclic) bond motifs is 1. The average molecular weight is 300 g/mol. The summed E-state index contributed by atoms with van der Waals surface area (Å²) in [7, 11) is 0. The summed E-state index contributed by atoms with van der Waals surface area (Å²) in [4.78, 5) is 19.4. The number of hydrogen-bond donors (Lipinski definition) is 1. The van der Waals surface area contributed by atoms with E-state index in [0.717, 1.165) is 20.9 Å². The first-order valence-corrected chi connectivity index (χ1v) is 7.21. The maximum atomic E-state index is 10.5. The SMILES string of the molecule is O=C(O)CCOc1cccc2sc(-c3ccccn3)nc12. The van der Waals surface area contributed by atoms with Crippen molar-refractivity contribution in [3.05, 3.63) is 42.6 Å². The summed E-state index contributed by atoms with van der Waals surface area (Å²) in [6.45, 7) is 0.130. The van der Waals surface area contributed by atoms with Gasteiger partial charge in [-0.15, -0.1) is 11.3 Å². The molecule has 0 amide bonds. The van der Waals surface area contributed by atoms with E-state index in [0.29, 0.717) is 5.75 Å². The quantitative estimate of drug-likeness (QED) is 0.783. The van der Waals surface area contributed by atoms with Crippen molar-refractivity contribution in [1.29, 1.82) is 0 Å². The number of aliphatic carboxylic acids is 1. The van der Waals surface area contributed by atoms with Crippen molar-refractivity contribution in [2.24, 2.45) is 0 Å². The molecule has 3 aromatic rings. The lowest BCUT2D eigenvalue weighted by molar-refractivity contribution is -0.137. The summed E-state index contributed by atoms with van der Waals surface area (Å²) in [5, 5.41) is 9.48. The van der Waals surface area contributed by atoms with E-state index in [-0.39, 0.29) is 13.0 Å². The van der Waals surface area contributed by atoms with E-state index in [1.165, 1.54) is 11.3 Å². The van der Waals surface area contributed by atoms with Crippen LogP contribution in [-0.4, -0.2) is 27.7 Å². The van der Waals surface area contributed by atoms with Crippen LogP contribution in [0.4, 0.5) is 0 Å². The number of carbonyl (C=O) groups is 1. The standard InChI is InChI=1S/C15H12N2O3S/c18-13(19)7-9-20-11-5-3-6-12-14(11)17-15(21-12)10-4-1-2-8-16-10/h1-6,8H,7,9H2,(H,18,19). The van der Waals surface area contributed by atoms with Crippen LogP contribution < -0.4 is 4.74 Å². The van der Waals surface area contributed by atoms with Gasteiger partial charge in [-0.2, -0.15) is 0 Å². The molecule has 0 spiro atoms. The maximum Gasteiger partial charge on any atom is 0.306 e. The molecule has 1 aromatic carbocycles. The lowest BCUT2D eigenvalue weighted by Gasteiger charge is -2.04. The van der Waals surface area contributed by atoms with Crippen LogP contribution >= 0.6 is 11.3 Å². The van der Waals surface area contributed by atoms with Crippen LogP contribution in [-0.2, 0) is 4.79 Å². The van der Waals surface area contributed by atoms with E-state index in [4.69, 9.17) is 9.84 Å². The van der Waals surface area contributed by atoms with Gasteiger partial charge in [0.1, 0.15) is 16.3 Å². The van der Waals surface area contributed by atoms with E-state index >= 15 is 0 Å². The fourth-order valence-electron chi connectivity index (χ4n) is 1.89. The zero-order chi connectivity index (χ0) is 14.7. The van der Waals surface area contributed by atoms with Gasteiger partial charge in [0.15, 0.2) is 0 Å². The number of carboxylic acid groups (broad SMARTS) is 1. The molecule has 1 N–H and O–H groups in total. The van der Waals surface area contributed by atoms with Crippen LogP contribution in [0.15, 0.2) is 42.6 Å². The first-order chi connectivity index (χ1) is 10.2. The fraction of sp³-hybridized carbons (Fsp3) is 0.133. The minimum Gasteiger partial charge on any atom is -0.491 e. The van der Waals surface area contributed by atoms with Gasteiger partial charge in [-0.3, -0.25) is 9.78 Å². The van der Waals surface area contributed by atoms with Gasteiger partial charge in [0.05, 0.1) is 23.4 Å². The van der Waals surface area contributed by atoms with Crippen molar-refractivity contribution in [3.63, 3.8) is 0 Å². The third-order valence-electron chi connectivity index (χ3n) is 2.84. The number of carboxylic acids is 1. The lowest BCUT2D eigenvalue weighted by Crippen LogP contribution is -2.04. The van der Waals surface area contributed by atoms with Crippen LogP contribution in [0.1, 0.15) is 6.42 Å². The molecule has 0 unspecified atom stereocenters. The topological polar surface area (TPSA) is 72.3 Å². The second-order valence-electron chi connectivity index (χ2n) is 4.33. The van der Waals surface area contributed by atoms with E-state index in [2.05, 4.69) is 9.97 Å². The zero-order valence-corrected chi connectivity index (χ0v) is 11.8. The molecule has 0 bridgehead atoms. The summed E-state index contributed by atoms with van der Waals surface area (Å²) in [6.07, 6.45) is 1.69. The molecule has 0 atom stereocenters. The molecule has 0 radical (unpaired) electrons. The Morgan fingerprint density at radius 3 is 2.90 bits per heavy atom. The Morgan fingerprint density at radius 1 is 1.24 bits per heavy atom. The van der Waals surface area contributed by atoms with Crippen molar-refractivity contribution in [2.75, 3.05) is 6.61 Å². The van der Waals surface area contributed by atoms with Crippen molar-refractivity contribution in [2.45, 2.75) is 6.42 Å². The van der Waals surface area contributed by atoms with Gasteiger partial charge < -0.3 is 9.84 Å². The van der Waals surface area contributed by atoms with Crippen molar-refractivity contribution < 1.29 is 14.6 Å². The Hall–Kier alpha value is -2.47. The number of benzene rings is 1. The second-order valence-corrected chi connectivity index (χ2v) is 5.36. The largest absolute Gasteiger partial charge is 0.491 e.